The average molecular weight is 406 g/mol. The minimum Gasteiger partial charge on any atom is -0.352 e. The standard InChI is InChI=1S/C23H31N7/c1-24-23(26-17-22-28-27-21-12-6-9-15-30(21)22)25-16-19-10-4-5-11-20(19)18-29-13-7-2-3-8-14-29/h4-6,9-12,15H,2-3,7-8,13-14,16-18H2,1H3,(H2,24,25,26). The normalized spacial score (nSPS) is 15.8. The van der Waals surface area contributed by atoms with Gasteiger partial charge in [-0.05, 0) is 49.2 Å². The van der Waals surface area contributed by atoms with Crippen molar-refractivity contribution in [2.24, 2.45) is 4.99 Å². The first kappa shape index (κ1) is 20.3. The Morgan fingerprint density at radius 2 is 1.63 bits per heavy atom. The first-order chi connectivity index (χ1) is 14.8. The molecule has 1 fully saturated rings. The fourth-order valence-corrected chi connectivity index (χ4v) is 3.99. The van der Waals surface area contributed by atoms with Crippen molar-refractivity contribution in [1.29, 1.82) is 0 Å². The number of nitrogens with one attached hydrogen (secondary N) is 2. The number of aromatic nitrogens is 3. The van der Waals surface area contributed by atoms with Crippen LogP contribution in [0.15, 0.2) is 53.7 Å². The monoisotopic (exact) mass is 405 g/mol. The first-order valence-corrected chi connectivity index (χ1v) is 10.9. The Morgan fingerprint density at radius 3 is 2.43 bits per heavy atom. The number of nitrogens with zero attached hydrogens (tertiary/aromatic N) is 5. The van der Waals surface area contributed by atoms with Crippen molar-refractivity contribution in [3.05, 3.63) is 65.6 Å². The van der Waals surface area contributed by atoms with Gasteiger partial charge in [-0.25, -0.2) is 0 Å². The second-order valence-corrected chi connectivity index (χ2v) is 7.78. The van der Waals surface area contributed by atoms with Crippen LogP contribution in [0.5, 0.6) is 0 Å². The van der Waals surface area contributed by atoms with E-state index in [0.29, 0.717) is 6.54 Å². The number of rotatable bonds is 6. The molecule has 1 aliphatic rings. The van der Waals surface area contributed by atoms with E-state index >= 15 is 0 Å². The van der Waals surface area contributed by atoms with E-state index in [1.54, 1.807) is 7.05 Å². The van der Waals surface area contributed by atoms with Gasteiger partial charge in [0.1, 0.15) is 0 Å². The van der Waals surface area contributed by atoms with Crippen LogP contribution in [0.1, 0.15) is 42.6 Å². The molecule has 4 rings (SSSR count). The highest BCUT2D eigenvalue weighted by atomic mass is 15.3. The summed E-state index contributed by atoms with van der Waals surface area (Å²) in [5, 5.41) is 15.3. The number of hydrogen-bond acceptors (Lipinski definition) is 4. The fourth-order valence-electron chi connectivity index (χ4n) is 3.99. The highest BCUT2D eigenvalue weighted by molar-refractivity contribution is 5.79. The molecule has 0 unspecified atom stereocenters. The van der Waals surface area contributed by atoms with Crippen LogP contribution in [0.2, 0.25) is 0 Å². The summed E-state index contributed by atoms with van der Waals surface area (Å²) >= 11 is 0. The van der Waals surface area contributed by atoms with E-state index < -0.39 is 0 Å². The Hall–Kier alpha value is -2.93. The molecule has 7 nitrogen and oxygen atoms in total. The Labute approximate surface area is 178 Å². The summed E-state index contributed by atoms with van der Waals surface area (Å²) in [4.78, 5) is 6.96. The lowest BCUT2D eigenvalue weighted by Gasteiger charge is -2.22. The third-order valence-electron chi connectivity index (χ3n) is 5.68. The largest absolute Gasteiger partial charge is 0.352 e. The summed E-state index contributed by atoms with van der Waals surface area (Å²) < 4.78 is 1.98. The maximum atomic E-state index is 4.37. The quantitative estimate of drug-likeness (QED) is 0.487. The van der Waals surface area contributed by atoms with Crippen molar-refractivity contribution in [1.82, 2.24) is 30.1 Å². The lowest BCUT2D eigenvalue weighted by molar-refractivity contribution is 0.276. The summed E-state index contributed by atoms with van der Waals surface area (Å²) in [6, 6.07) is 14.6. The smallest absolute Gasteiger partial charge is 0.191 e. The molecule has 2 N–H and O–H groups in total. The fraction of sp³-hybridized carbons (Fsp3) is 0.435. The van der Waals surface area contributed by atoms with Crippen molar-refractivity contribution < 1.29 is 0 Å². The highest BCUT2D eigenvalue weighted by Gasteiger charge is 2.12. The van der Waals surface area contributed by atoms with Gasteiger partial charge >= 0.3 is 0 Å². The molecule has 0 amide bonds. The molecular weight excluding hydrogens is 374 g/mol. The summed E-state index contributed by atoms with van der Waals surface area (Å²) in [5.74, 6) is 1.61. The number of likely N-dealkylation sites (tertiary alicyclic amines) is 1. The highest BCUT2D eigenvalue weighted by Crippen LogP contribution is 2.16. The van der Waals surface area contributed by atoms with E-state index in [9.17, 15) is 0 Å². The molecule has 3 heterocycles. The number of benzene rings is 1. The topological polar surface area (TPSA) is 69.8 Å². The maximum absolute atomic E-state index is 4.37. The maximum Gasteiger partial charge on any atom is 0.191 e. The van der Waals surface area contributed by atoms with Gasteiger partial charge in [-0.15, -0.1) is 10.2 Å². The van der Waals surface area contributed by atoms with Gasteiger partial charge in [0, 0.05) is 26.3 Å². The molecule has 30 heavy (non-hydrogen) atoms. The number of hydrogen-bond donors (Lipinski definition) is 2. The zero-order valence-electron chi connectivity index (χ0n) is 17.7. The van der Waals surface area contributed by atoms with Crippen molar-refractivity contribution in [3.8, 4) is 0 Å². The average Bonchev–Trinajstić information content (AvgIpc) is 3.02. The molecule has 1 aromatic carbocycles. The summed E-state index contributed by atoms with van der Waals surface area (Å²) in [6.07, 6.45) is 7.33. The van der Waals surface area contributed by atoms with Gasteiger partial charge in [0.2, 0.25) is 0 Å². The lowest BCUT2D eigenvalue weighted by Crippen LogP contribution is -2.37. The van der Waals surface area contributed by atoms with Crippen LogP contribution in [0, 0.1) is 0 Å². The van der Waals surface area contributed by atoms with Gasteiger partial charge in [0.15, 0.2) is 17.4 Å². The zero-order valence-corrected chi connectivity index (χ0v) is 17.7. The van der Waals surface area contributed by atoms with Crippen LogP contribution in [0.4, 0.5) is 0 Å². The molecule has 1 aliphatic heterocycles. The molecule has 0 aliphatic carbocycles. The van der Waals surface area contributed by atoms with Crippen molar-refractivity contribution in [3.63, 3.8) is 0 Å². The van der Waals surface area contributed by atoms with Crippen molar-refractivity contribution >= 4 is 11.6 Å². The summed E-state index contributed by atoms with van der Waals surface area (Å²) in [7, 11) is 1.79. The Balaban J connectivity index is 1.35. The van der Waals surface area contributed by atoms with Crippen molar-refractivity contribution in [2.75, 3.05) is 20.1 Å². The minimum atomic E-state index is 0.556. The van der Waals surface area contributed by atoms with Gasteiger partial charge in [-0.2, -0.15) is 0 Å². The molecule has 158 valence electrons. The first-order valence-electron chi connectivity index (χ1n) is 10.9. The molecule has 1 saturated heterocycles. The zero-order chi connectivity index (χ0) is 20.6. The lowest BCUT2D eigenvalue weighted by atomic mass is 10.1. The molecule has 7 heteroatoms. The van der Waals surface area contributed by atoms with E-state index in [1.165, 1.54) is 49.9 Å². The van der Waals surface area contributed by atoms with Gasteiger partial charge < -0.3 is 10.6 Å². The molecule has 0 atom stereocenters. The Bertz CT molecular complexity index is 970. The predicted octanol–water partition coefficient (Wildman–Crippen LogP) is 2.97. The van der Waals surface area contributed by atoms with E-state index in [-0.39, 0.29) is 0 Å². The molecule has 0 radical (unpaired) electrons. The van der Waals surface area contributed by atoms with Gasteiger partial charge in [-0.3, -0.25) is 14.3 Å². The third kappa shape index (κ3) is 5.16. The molecule has 0 bridgehead atoms. The Morgan fingerprint density at radius 1 is 0.900 bits per heavy atom. The second-order valence-electron chi connectivity index (χ2n) is 7.78. The van der Waals surface area contributed by atoms with Crippen LogP contribution in [0.25, 0.3) is 5.65 Å². The van der Waals surface area contributed by atoms with Crippen LogP contribution in [-0.4, -0.2) is 45.6 Å². The number of fused-ring (bicyclic) bond motifs is 1. The van der Waals surface area contributed by atoms with Crippen molar-refractivity contribution in [2.45, 2.75) is 45.3 Å². The van der Waals surface area contributed by atoms with Gasteiger partial charge in [-0.1, -0.05) is 43.2 Å². The minimum absolute atomic E-state index is 0.556. The summed E-state index contributed by atoms with van der Waals surface area (Å²) in [6.45, 7) is 4.73. The van der Waals surface area contributed by atoms with Gasteiger partial charge in [0.25, 0.3) is 0 Å². The van der Waals surface area contributed by atoms with E-state index in [4.69, 9.17) is 0 Å². The molecule has 2 aromatic heterocycles. The van der Waals surface area contributed by atoms with Gasteiger partial charge in [0.05, 0.1) is 6.54 Å². The second kappa shape index (κ2) is 10.2. The van der Waals surface area contributed by atoms with Crippen LogP contribution in [-0.2, 0) is 19.6 Å². The van der Waals surface area contributed by atoms with E-state index in [2.05, 4.69) is 55.0 Å². The van der Waals surface area contributed by atoms with E-state index in [1.807, 2.05) is 28.8 Å². The molecule has 3 aromatic rings. The number of aliphatic imine (C=N–C) groups is 1. The van der Waals surface area contributed by atoms with E-state index in [0.717, 1.165) is 30.5 Å². The molecule has 0 saturated carbocycles. The number of pyridine rings is 1. The van der Waals surface area contributed by atoms with Crippen LogP contribution < -0.4 is 10.6 Å². The SMILES string of the molecule is CN=C(NCc1ccccc1CN1CCCCCC1)NCc1nnc2ccccn12. The number of guanidine groups is 1. The van der Waals surface area contributed by atoms with Crippen LogP contribution >= 0.6 is 0 Å². The molecular formula is C23H31N7. The van der Waals surface area contributed by atoms with Crippen LogP contribution in [0.3, 0.4) is 0 Å². The molecule has 0 spiro atoms. The third-order valence-corrected chi connectivity index (χ3v) is 5.68. The summed E-state index contributed by atoms with van der Waals surface area (Å²) in [5.41, 5.74) is 3.56. The predicted molar refractivity (Wildman–Crippen MR) is 120 cm³/mol. The Kier molecular flexibility index (Phi) is 6.92.